The fourth-order valence-corrected chi connectivity index (χ4v) is 4.70. The van der Waals surface area contributed by atoms with E-state index in [-0.39, 0.29) is 6.73 Å². The van der Waals surface area contributed by atoms with Gasteiger partial charge in [0.2, 0.25) is 6.04 Å². The zero-order valence-electron chi connectivity index (χ0n) is 27.5. The number of nitrogens with one attached hydrogen (secondary N) is 2. The van der Waals surface area contributed by atoms with Gasteiger partial charge >= 0.3 is 0 Å². The fraction of sp³-hybridized carbons (Fsp3) is 0.216. The molecule has 1 amide bonds. The number of amides is 1. The standard InChI is InChI=1S/C37H36Cl2N6O4/c1-5-48-37(49-24-40-33-12-8-6-10-31(33)38)45-43-30-19-17-28(26(3)23-30)15-14-27-16-18-29(22-25(27)2)42-44-35(20-21-47-4)36(46)41-34-13-9-7-11-32(34)39/h6-19,22-23,35,37,40H,5,24H2,1-4H3,(H,41,46). The number of para-hydroxylation sites is 2. The van der Waals surface area contributed by atoms with Gasteiger partial charge in [0.25, 0.3) is 12.3 Å². The summed E-state index contributed by atoms with van der Waals surface area (Å²) in [5, 5.41) is 23.8. The Morgan fingerprint density at radius 1 is 0.816 bits per heavy atom. The molecule has 4 aromatic carbocycles. The van der Waals surface area contributed by atoms with Crippen LogP contribution in [0.15, 0.2) is 105 Å². The van der Waals surface area contributed by atoms with E-state index in [1.54, 1.807) is 30.3 Å². The van der Waals surface area contributed by atoms with E-state index in [2.05, 4.69) is 43.1 Å². The lowest BCUT2D eigenvalue weighted by molar-refractivity contribution is -0.131. The predicted molar refractivity (Wildman–Crippen MR) is 195 cm³/mol. The van der Waals surface area contributed by atoms with Crippen LogP contribution in [0.25, 0.3) is 12.2 Å². The highest BCUT2D eigenvalue weighted by atomic mass is 35.5. The Bertz CT molecular complexity index is 1890. The first-order chi connectivity index (χ1) is 23.8. The second-order valence-electron chi connectivity index (χ2n) is 10.4. The van der Waals surface area contributed by atoms with Crippen LogP contribution in [0.4, 0.5) is 22.7 Å². The van der Waals surface area contributed by atoms with Crippen LogP contribution in [-0.2, 0) is 19.0 Å². The van der Waals surface area contributed by atoms with Crippen molar-refractivity contribution in [1.29, 1.82) is 0 Å². The number of anilines is 2. The number of hydrogen-bond donors (Lipinski definition) is 2. The van der Waals surface area contributed by atoms with Crippen LogP contribution in [0.2, 0.25) is 10.0 Å². The van der Waals surface area contributed by atoms with E-state index in [4.69, 9.17) is 37.4 Å². The van der Waals surface area contributed by atoms with Crippen LogP contribution in [0, 0.1) is 25.9 Å². The van der Waals surface area contributed by atoms with Gasteiger partial charge in [0.05, 0.1) is 39.9 Å². The number of aryl methyl sites for hydroxylation is 2. The molecule has 0 aliphatic rings. The molecule has 2 atom stereocenters. The zero-order chi connectivity index (χ0) is 35.0. The molecule has 0 fully saturated rings. The van der Waals surface area contributed by atoms with Gasteiger partial charge in [0, 0.05) is 6.61 Å². The molecule has 4 rings (SSSR count). The maximum absolute atomic E-state index is 12.8. The first kappa shape index (κ1) is 36.8. The number of methoxy groups -OCH3 is 1. The number of carbonyl (C=O) groups excluding carboxylic acids is 1. The number of nitrogens with zero attached hydrogens (tertiary/aromatic N) is 4. The lowest BCUT2D eigenvalue weighted by atomic mass is 10.0. The van der Waals surface area contributed by atoms with E-state index >= 15 is 0 Å². The molecule has 4 aromatic rings. The maximum Gasteiger partial charge on any atom is 0.278 e. The summed E-state index contributed by atoms with van der Waals surface area (Å²) in [5.41, 5.74) is 6.45. The molecule has 0 saturated carbocycles. The third-order valence-corrected chi connectivity index (χ3v) is 7.51. The molecule has 0 aromatic heterocycles. The highest BCUT2D eigenvalue weighted by Crippen LogP contribution is 2.25. The van der Waals surface area contributed by atoms with Crippen molar-refractivity contribution < 1.29 is 19.0 Å². The lowest BCUT2D eigenvalue weighted by Crippen LogP contribution is -2.24. The minimum absolute atomic E-state index is 0.144. The second kappa shape index (κ2) is 19.1. The van der Waals surface area contributed by atoms with E-state index in [0.29, 0.717) is 33.7 Å². The molecule has 0 aliphatic heterocycles. The molecule has 0 heterocycles. The van der Waals surface area contributed by atoms with Gasteiger partial charge in [-0.25, -0.2) is 0 Å². The van der Waals surface area contributed by atoms with Gasteiger partial charge in [-0.2, -0.15) is 15.3 Å². The van der Waals surface area contributed by atoms with Gasteiger partial charge in [-0.05, 0) is 97.5 Å². The van der Waals surface area contributed by atoms with Crippen molar-refractivity contribution in [2.75, 3.05) is 31.1 Å². The first-order valence-corrected chi connectivity index (χ1v) is 16.0. The Labute approximate surface area is 296 Å². The number of halogens is 2. The molecule has 10 nitrogen and oxygen atoms in total. The number of hydrogen-bond acceptors (Lipinski definition) is 9. The quantitative estimate of drug-likeness (QED) is 0.0588. The van der Waals surface area contributed by atoms with Crippen molar-refractivity contribution in [1.82, 2.24) is 0 Å². The fourth-order valence-electron chi connectivity index (χ4n) is 4.31. The normalized spacial score (nSPS) is 12.5. The van der Waals surface area contributed by atoms with E-state index in [9.17, 15) is 4.79 Å². The summed E-state index contributed by atoms with van der Waals surface area (Å²) in [6.07, 6.45) is 5.60. The van der Waals surface area contributed by atoms with Gasteiger partial charge in [-0.1, -0.05) is 71.8 Å². The monoisotopic (exact) mass is 698 g/mol. The van der Waals surface area contributed by atoms with Crippen LogP contribution in [0.3, 0.4) is 0 Å². The molecule has 2 unspecified atom stereocenters. The minimum atomic E-state index is -1.10. The third-order valence-electron chi connectivity index (χ3n) is 6.85. The molecular formula is C37H36Cl2N6O4. The Hall–Kier alpha value is -5.05. The largest absolute Gasteiger partial charge is 0.450 e. The third kappa shape index (κ3) is 11.6. The van der Waals surface area contributed by atoms with E-state index in [1.165, 1.54) is 7.11 Å². The molecule has 2 N–H and O–H groups in total. The summed E-state index contributed by atoms with van der Waals surface area (Å²) >= 11 is 12.4. The summed E-state index contributed by atoms with van der Waals surface area (Å²) in [6.45, 7) is 6.39. The van der Waals surface area contributed by atoms with Gasteiger partial charge in [-0.3, -0.25) is 4.79 Å². The van der Waals surface area contributed by atoms with Gasteiger partial charge in [-0.15, -0.1) is 5.11 Å². The number of rotatable bonds is 14. The molecule has 0 radical (unpaired) electrons. The van der Waals surface area contributed by atoms with Crippen molar-refractivity contribution in [2.45, 2.75) is 33.2 Å². The number of carbonyl (C=O) groups is 1. The molecule has 12 heteroatoms. The number of ether oxygens (including phenoxy) is 3. The van der Waals surface area contributed by atoms with E-state index in [0.717, 1.165) is 27.9 Å². The number of azo groups is 2. The van der Waals surface area contributed by atoms with Crippen molar-refractivity contribution >= 4 is 64.0 Å². The van der Waals surface area contributed by atoms with Crippen LogP contribution < -0.4 is 10.6 Å². The van der Waals surface area contributed by atoms with E-state index < -0.39 is 18.4 Å². The number of benzene rings is 4. The molecule has 0 spiro atoms. The average molecular weight is 700 g/mol. The van der Waals surface area contributed by atoms with Gasteiger partial charge < -0.3 is 24.8 Å². The average Bonchev–Trinajstić information content (AvgIpc) is 3.09. The molecule has 49 heavy (non-hydrogen) atoms. The van der Waals surface area contributed by atoms with Crippen molar-refractivity contribution in [2.24, 2.45) is 20.5 Å². The van der Waals surface area contributed by atoms with Crippen LogP contribution in [0.5, 0.6) is 0 Å². The Morgan fingerprint density at radius 2 is 1.39 bits per heavy atom. The van der Waals surface area contributed by atoms with E-state index in [1.807, 2.05) is 87.5 Å². The Morgan fingerprint density at radius 3 is 1.94 bits per heavy atom. The summed E-state index contributed by atoms with van der Waals surface area (Å²) in [5.74, 6) is 2.17. The van der Waals surface area contributed by atoms with Crippen molar-refractivity contribution in [3.8, 4) is 12.0 Å². The summed E-state index contributed by atoms with van der Waals surface area (Å²) in [6, 6.07) is 24.6. The molecular weight excluding hydrogens is 663 g/mol. The Kier molecular flexibility index (Phi) is 14.3. The van der Waals surface area contributed by atoms with Crippen LogP contribution in [0.1, 0.15) is 29.2 Å². The molecule has 252 valence electrons. The lowest BCUT2D eigenvalue weighted by Gasteiger charge is -2.14. The molecule has 0 saturated heterocycles. The molecule has 0 bridgehead atoms. The van der Waals surface area contributed by atoms with Crippen molar-refractivity contribution in [3.63, 3.8) is 0 Å². The predicted octanol–water partition coefficient (Wildman–Crippen LogP) is 9.97. The van der Waals surface area contributed by atoms with Crippen LogP contribution >= 0.6 is 23.2 Å². The molecule has 0 aliphatic carbocycles. The summed E-state index contributed by atoms with van der Waals surface area (Å²) in [7, 11) is 1.41. The van der Waals surface area contributed by atoms with Gasteiger partial charge in [0.15, 0.2) is 0 Å². The summed E-state index contributed by atoms with van der Waals surface area (Å²) < 4.78 is 16.1. The van der Waals surface area contributed by atoms with Gasteiger partial charge in [0.1, 0.15) is 12.8 Å². The highest BCUT2D eigenvalue weighted by Gasteiger charge is 2.17. The zero-order valence-corrected chi connectivity index (χ0v) is 29.0. The van der Waals surface area contributed by atoms with Crippen molar-refractivity contribution in [3.05, 3.63) is 117 Å². The Balaban J connectivity index is 1.38. The maximum atomic E-state index is 12.8. The first-order valence-electron chi connectivity index (χ1n) is 15.3. The van der Waals surface area contributed by atoms with Crippen LogP contribution in [-0.4, -0.2) is 38.8 Å². The minimum Gasteiger partial charge on any atom is -0.450 e. The topological polar surface area (TPSA) is 118 Å². The summed E-state index contributed by atoms with van der Waals surface area (Å²) in [4.78, 5) is 12.8. The smallest absolute Gasteiger partial charge is 0.278 e. The highest BCUT2D eigenvalue weighted by molar-refractivity contribution is 6.34. The SMILES string of the molecule is CCOC(N=Nc1ccc(C=Cc2ccc(N=NC(C#COC)C(=O)Nc3ccccc3Cl)cc2C)c(C)c1)OCNc1ccccc1Cl. The second-order valence-corrected chi connectivity index (χ2v) is 11.2.